The first kappa shape index (κ1) is 13.1. The maximum Gasteiger partial charge on any atom is 0.243 e. The highest BCUT2D eigenvalue weighted by Gasteiger charge is 2.32. The lowest BCUT2D eigenvalue weighted by atomic mass is 9.93. The smallest absolute Gasteiger partial charge is 0.243 e. The lowest BCUT2D eigenvalue weighted by molar-refractivity contribution is -0.119. The fraction of sp³-hybridized carbons (Fsp3) is 0.533. The van der Waals surface area contributed by atoms with Gasteiger partial charge in [-0.05, 0) is 37.0 Å². The van der Waals surface area contributed by atoms with Gasteiger partial charge in [-0.3, -0.25) is 4.79 Å². The van der Waals surface area contributed by atoms with Gasteiger partial charge in [0.1, 0.15) is 0 Å². The largest absolute Gasteiger partial charge is 0.310 e. The molecule has 1 N–H and O–H groups in total. The van der Waals surface area contributed by atoms with E-state index in [0.717, 1.165) is 18.8 Å². The maximum atomic E-state index is 12.4. The molecule has 0 saturated carbocycles. The zero-order valence-electron chi connectivity index (χ0n) is 11.7. The van der Waals surface area contributed by atoms with Crippen molar-refractivity contribution in [2.24, 2.45) is 5.41 Å². The van der Waals surface area contributed by atoms with E-state index in [1.165, 1.54) is 5.56 Å². The lowest BCUT2D eigenvalue weighted by Crippen LogP contribution is -2.42. The first-order chi connectivity index (χ1) is 8.39. The van der Waals surface area contributed by atoms with Crippen LogP contribution in [0.1, 0.15) is 26.3 Å². The third-order valence-electron chi connectivity index (χ3n) is 3.42. The molecule has 18 heavy (non-hydrogen) atoms. The van der Waals surface area contributed by atoms with Gasteiger partial charge in [0.25, 0.3) is 0 Å². The van der Waals surface area contributed by atoms with E-state index in [9.17, 15) is 4.79 Å². The number of nitrogens with one attached hydrogen (secondary N) is 1. The molecule has 1 saturated heterocycles. The molecule has 2 rings (SSSR count). The minimum atomic E-state index is -0.118. The predicted molar refractivity (Wildman–Crippen MR) is 74.8 cm³/mol. The molecule has 98 valence electrons. The molecule has 1 fully saturated rings. The summed E-state index contributed by atoms with van der Waals surface area (Å²) < 4.78 is 0. The van der Waals surface area contributed by atoms with Gasteiger partial charge >= 0.3 is 0 Å². The SMILES string of the molecule is Cc1cccc(N2CC(C)(C)CNC(C)C2=O)c1. The van der Waals surface area contributed by atoms with E-state index in [-0.39, 0.29) is 17.4 Å². The van der Waals surface area contributed by atoms with E-state index >= 15 is 0 Å². The van der Waals surface area contributed by atoms with Crippen LogP contribution < -0.4 is 10.2 Å². The second-order valence-corrected chi connectivity index (χ2v) is 6.03. The van der Waals surface area contributed by atoms with Gasteiger partial charge < -0.3 is 10.2 Å². The summed E-state index contributed by atoms with van der Waals surface area (Å²) >= 11 is 0. The number of amides is 1. The number of hydrogen-bond acceptors (Lipinski definition) is 2. The molecule has 3 nitrogen and oxygen atoms in total. The van der Waals surface area contributed by atoms with Crippen molar-refractivity contribution in [3.05, 3.63) is 29.8 Å². The van der Waals surface area contributed by atoms with Gasteiger partial charge in [0.2, 0.25) is 5.91 Å². The zero-order chi connectivity index (χ0) is 13.3. The van der Waals surface area contributed by atoms with E-state index in [1.807, 2.05) is 24.0 Å². The summed E-state index contributed by atoms with van der Waals surface area (Å²) in [7, 11) is 0. The maximum absolute atomic E-state index is 12.4. The third kappa shape index (κ3) is 2.72. The highest BCUT2D eigenvalue weighted by Crippen LogP contribution is 2.25. The summed E-state index contributed by atoms with van der Waals surface area (Å²) in [6, 6.07) is 8.03. The average Bonchev–Trinajstić information content (AvgIpc) is 2.41. The van der Waals surface area contributed by atoms with E-state index in [0.29, 0.717) is 0 Å². The Hall–Kier alpha value is -1.35. The lowest BCUT2D eigenvalue weighted by Gasteiger charge is -2.29. The van der Waals surface area contributed by atoms with Crippen molar-refractivity contribution in [2.45, 2.75) is 33.7 Å². The summed E-state index contributed by atoms with van der Waals surface area (Å²) in [4.78, 5) is 14.3. The Kier molecular flexibility index (Phi) is 3.44. The topological polar surface area (TPSA) is 32.3 Å². The summed E-state index contributed by atoms with van der Waals surface area (Å²) in [6.45, 7) is 9.99. The molecule has 1 aliphatic rings. The Morgan fingerprint density at radius 1 is 1.39 bits per heavy atom. The van der Waals surface area contributed by atoms with Gasteiger partial charge in [-0.1, -0.05) is 26.0 Å². The third-order valence-corrected chi connectivity index (χ3v) is 3.42. The fourth-order valence-electron chi connectivity index (χ4n) is 2.33. The van der Waals surface area contributed by atoms with Crippen molar-refractivity contribution in [3.63, 3.8) is 0 Å². The molecule has 0 bridgehead atoms. The van der Waals surface area contributed by atoms with Crippen LogP contribution in [0.25, 0.3) is 0 Å². The highest BCUT2D eigenvalue weighted by molar-refractivity contribution is 5.97. The molecule has 1 aromatic carbocycles. The normalized spacial score (nSPS) is 23.9. The number of nitrogens with zero attached hydrogens (tertiary/aromatic N) is 1. The van der Waals surface area contributed by atoms with Crippen LogP contribution in [0.5, 0.6) is 0 Å². The molecule has 0 aliphatic carbocycles. The summed E-state index contributed by atoms with van der Waals surface area (Å²) in [6.07, 6.45) is 0. The molecule has 1 atom stereocenters. The summed E-state index contributed by atoms with van der Waals surface area (Å²) in [5.41, 5.74) is 2.27. The number of rotatable bonds is 1. The van der Waals surface area contributed by atoms with Gasteiger partial charge in [0.05, 0.1) is 6.04 Å². The molecule has 1 amide bonds. The second kappa shape index (κ2) is 4.73. The molecule has 1 unspecified atom stereocenters. The van der Waals surface area contributed by atoms with Crippen LogP contribution in [0.2, 0.25) is 0 Å². The zero-order valence-corrected chi connectivity index (χ0v) is 11.7. The second-order valence-electron chi connectivity index (χ2n) is 6.03. The molecular formula is C15H22N2O. The van der Waals surface area contributed by atoms with E-state index in [2.05, 4.69) is 38.2 Å². The molecule has 0 radical (unpaired) electrons. The molecule has 1 heterocycles. The van der Waals surface area contributed by atoms with E-state index < -0.39 is 0 Å². The number of carbonyl (C=O) groups is 1. The van der Waals surface area contributed by atoms with Crippen molar-refractivity contribution in [3.8, 4) is 0 Å². The van der Waals surface area contributed by atoms with Gasteiger partial charge in [0.15, 0.2) is 0 Å². The standard InChI is InChI=1S/C15H22N2O/c1-11-6-5-7-13(8-11)17-10-15(3,4)9-16-12(2)14(17)18/h5-8,12,16H,9-10H2,1-4H3. The average molecular weight is 246 g/mol. The van der Waals surface area contributed by atoms with Crippen LogP contribution in [0.15, 0.2) is 24.3 Å². The Morgan fingerprint density at radius 3 is 2.78 bits per heavy atom. The number of carbonyl (C=O) groups excluding carboxylic acids is 1. The quantitative estimate of drug-likeness (QED) is 0.825. The minimum Gasteiger partial charge on any atom is -0.310 e. The van der Waals surface area contributed by atoms with Crippen molar-refractivity contribution in [1.29, 1.82) is 0 Å². The molecule has 0 aromatic heterocycles. The van der Waals surface area contributed by atoms with Crippen LogP contribution in [-0.2, 0) is 4.79 Å². The van der Waals surface area contributed by atoms with Crippen LogP contribution in [0.4, 0.5) is 5.69 Å². The fourth-order valence-corrected chi connectivity index (χ4v) is 2.33. The van der Waals surface area contributed by atoms with Crippen LogP contribution in [0, 0.1) is 12.3 Å². The number of benzene rings is 1. The van der Waals surface area contributed by atoms with E-state index in [4.69, 9.17) is 0 Å². The van der Waals surface area contributed by atoms with Gasteiger partial charge in [0, 0.05) is 18.8 Å². The molecule has 0 spiro atoms. The number of anilines is 1. The van der Waals surface area contributed by atoms with Gasteiger partial charge in [-0.15, -0.1) is 0 Å². The summed E-state index contributed by atoms with van der Waals surface area (Å²) in [5, 5.41) is 3.31. The number of hydrogen-bond donors (Lipinski definition) is 1. The van der Waals surface area contributed by atoms with Crippen molar-refractivity contribution in [2.75, 3.05) is 18.0 Å². The Labute approximate surface area is 109 Å². The molecule has 3 heteroatoms. The summed E-state index contributed by atoms with van der Waals surface area (Å²) in [5.74, 6) is 0.158. The monoisotopic (exact) mass is 246 g/mol. The van der Waals surface area contributed by atoms with E-state index in [1.54, 1.807) is 0 Å². The Morgan fingerprint density at radius 2 is 2.11 bits per heavy atom. The molecule has 1 aromatic rings. The van der Waals surface area contributed by atoms with Gasteiger partial charge in [-0.25, -0.2) is 0 Å². The number of aryl methyl sites for hydroxylation is 1. The van der Waals surface area contributed by atoms with Crippen molar-refractivity contribution >= 4 is 11.6 Å². The first-order valence-corrected chi connectivity index (χ1v) is 6.50. The predicted octanol–water partition coefficient (Wildman–Crippen LogP) is 2.35. The van der Waals surface area contributed by atoms with Crippen molar-refractivity contribution in [1.82, 2.24) is 5.32 Å². The Balaban J connectivity index is 2.36. The van der Waals surface area contributed by atoms with Crippen LogP contribution >= 0.6 is 0 Å². The minimum absolute atomic E-state index is 0.0875. The Bertz CT molecular complexity index is 454. The van der Waals surface area contributed by atoms with Crippen molar-refractivity contribution < 1.29 is 4.79 Å². The molecular weight excluding hydrogens is 224 g/mol. The first-order valence-electron chi connectivity index (χ1n) is 6.50. The van der Waals surface area contributed by atoms with Gasteiger partial charge in [-0.2, -0.15) is 0 Å². The molecule has 1 aliphatic heterocycles. The van der Waals surface area contributed by atoms with Crippen LogP contribution in [0.3, 0.4) is 0 Å². The van der Waals surface area contributed by atoms with Crippen LogP contribution in [-0.4, -0.2) is 25.0 Å². The highest BCUT2D eigenvalue weighted by atomic mass is 16.2.